The lowest BCUT2D eigenvalue weighted by Crippen LogP contribution is -2.54. The lowest BCUT2D eigenvalue weighted by molar-refractivity contribution is -0.384. The molecule has 0 spiro atoms. The van der Waals surface area contributed by atoms with Gasteiger partial charge in [-0.2, -0.15) is 13.2 Å². The number of nitrogens with one attached hydrogen (secondary N) is 1. The number of non-ortho nitro benzene ring substituents is 1. The van der Waals surface area contributed by atoms with Crippen LogP contribution < -0.4 is 5.32 Å². The van der Waals surface area contributed by atoms with Crippen LogP contribution in [0.25, 0.3) is 0 Å². The Morgan fingerprint density at radius 2 is 1.67 bits per heavy atom. The molecule has 1 fully saturated rings. The molecule has 1 aliphatic rings. The van der Waals surface area contributed by atoms with E-state index < -0.39 is 66.1 Å². The van der Waals surface area contributed by atoms with Gasteiger partial charge in [0.15, 0.2) is 6.10 Å². The zero-order valence-corrected chi connectivity index (χ0v) is 17.0. The molecule has 1 heterocycles. The van der Waals surface area contributed by atoms with E-state index in [1.807, 2.05) is 0 Å². The summed E-state index contributed by atoms with van der Waals surface area (Å²) in [7, 11) is 0. The van der Waals surface area contributed by atoms with Crippen LogP contribution >= 0.6 is 0 Å². The predicted octanol–water partition coefficient (Wildman–Crippen LogP) is 1.02. The van der Waals surface area contributed by atoms with Crippen molar-refractivity contribution in [3.63, 3.8) is 0 Å². The average molecular weight is 478 g/mol. The van der Waals surface area contributed by atoms with E-state index in [4.69, 9.17) is 18.9 Å². The van der Waals surface area contributed by atoms with Gasteiger partial charge in [-0.1, -0.05) is 0 Å². The standard InChI is InChI=1S/C18H17F3N2O10/c1-8(24)31-14-13(22-17(27)18(19,20)21)12(33-16(14)32-9(2)25)7-30-15(26)10-3-5-11(6-4-10)23(28)29/h3-6,12-14,16H,7H2,1-2H3,(H,22,27)/t12-,13-,14-,16-/m1/s1. The number of rotatable bonds is 7. The van der Waals surface area contributed by atoms with Crippen molar-refractivity contribution in [3.8, 4) is 0 Å². The summed E-state index contributed by atoms with van der Waals surface area (Å²) in [4.78, 5) is 56.4. The lowest BCUT2D eigenvalue weighted by atomic mass is 10.1. The highest BCUT2D eigenvalue weighted by Crippen LogP contribution is 2.28. The molecule has 1 aliphatic heterocycles. The Bertz CT molecular complexity index is 934. The number of carbonyl (C=O) groups is 4. The van der Waals surface area contributed by atoms with Gasteiger partial charge < -0.3 is 24.3 Å². The fourth-order valence-corrected chi connectivity index (χ4v) is 2.81. The zero-order valence-electron chi connectivity index (χ0n) is 17.0. The number of nitro groups is 1. The predicted molar refractivity (Wildman–Crippen MR) is 97.3 cm³/mol. The first-order valence-corrected chi connectivity index (χ1v) is 9.08. The third-order valence-electron chi connectivity index (χ3n) is 4.16. The number of nitro benzene ring substituents is 1. The van der Waals surface area contributed by atoms with Crippen molar-refractivity contribution in [2.24, 2.45) is 0 Å². The second kappa shape index (κ2) is 10.2. The minimum Gasteiger partial charge on any atom is -0.459 e. The number of amides is 1. The van der Waals surface area contributed by atoms with Crippen LogP contribution in [-0.2, 0) is 33.3 Å². The highest BCUT2D eigenvalue weighted by atomic mass is 19.4. The zero-order chi connectivity index (χ0) is 24.9. The Hall–Kier alpha value is -3.75. The van der Waals surface area contributed by atoms with Gasteiger partial charge in [0.25, 0.3) is 5.69 Å². The van der Waals surface area contributed by atoms with Crippen LogP contribution in [0.5, 0.6) is 0 Å². The molecule has 4 atom stereocenters. The molecular weight excluding hydrogens is 461 g/mol. The quantitative estimate of drug-likeness (QED) is 0.259. The van der Waals surface area contributed by atoms with Crippen molar-refractivity contribution >= 4 is 29.5 Å². The molecule has 0 radical (unpaired) electrons. The van der Waals surface area contributed by atoms with Gasteiger partial charge in [-0.05, 0) is 12.1 Å². The molecule has 0 aliphatic carbocycles. The third-order valence-corrected chi connectivity index (χ3v) is 4.16. The Morgan fingerprint density at radius 1 is 1.09 bits per heavy atom. The number of hydrogen-bond donors (Lipinski definition) is 1. The lowest BCUT2D eigenvalue weighted by Gasteiger charge is -2.24. The second-order valence-corrected chi connectivity index (χ2v) is 6.63. The highest BCUT2D eigenvalue weighted by Gasteiger charge is 2.52. The van der Waals surface area contributed by atoms with Gasteiger partial charge in [-0.15, -0.1) is 0 Å². The van der Waals surface area contributed by atoms with E-state index in [1.54, 1.807) is 5.32 Å². The van der Waals surface area contributed by atoms with Crippen molar-refractivity contribution in [3.05, 3.63) is 39.9 Å². The molecule has 1 N–H and O–H groups in total. The van der Waals surface area contributed by atoms with E-state index in [1.165, 1.54) is 0 Å². The maximum atomic E-state index is 12.8. The summed E-state index contributed by atoms with van der Waals surface area (Å²) in [6.07, 6.45) is -10.2. The van der Waals surface area contributed by atoms with Crippen LogP contribution in [0.2, 0.25) is 0 Å². The number of esters is 3. The largest absolute Gasteiger partial charge is 0.471 e. The van der Waals surface area contributed by atoms with E-state index in [9.17, 15) is 42.5 Å². The summed E-state index contributed by atoms with van der Waals surface area (Å²) in [5.74, 6) is -5.32. The second-order valence-electron chi connectivity index (χ2n) is 6.63. The van der Waals surface area contributed by atoms with Crippen LogP contribution in [0.3, 0.4) is 0 Å². The summed E-state index contributed by atoms with van der Waals surface area (Å²) in [5, 5.41) is 12.3. The molecule has 1 amide bonds. The van der Waals surface area contributed by atoms with Gasteiger partial charge in [0.2, 0.25) is 6.29 Å². The molecule has 1 aromatic carbocycles. The van der Waals surface area contributed by atoms with Crippen LogP contribution in [0.15, 0.2) is 24.3 Å². The third kappa shape index (κ3) is 6.86. The summed E-state index contributed by atoms with van der Waals surface area (Å²) in [6.45, 7) is 1.13. The van der Waals surface area contributed by atoms with Crippen LogP contribution in [0.4, 0.5) is 18.9 Å². The van der Waals surface area contributed by atoms with Crippen molar-refractivity contribution in [2.75, 3.05) is 6.61 Å². The molecule has 2 rings (SSSR count). The number of carbonyl (C=O) groups excluding carboxylic acids is 4. The number of alkyl halides is 3. The van der Waals surface area contributed by atoms with Crippen LogP contribution in [0, 0.1) is 10.1 Å². The number of hydrogen-bond acceptors (Lipinski definition) is 10. The molecule has 15 heteroatoms. The van der Waals surface area contributed by atoms with Gasteiger partial charge in [0, 0.05) is 26.0 Å². The summed E-state index contributed by atoms with van der Waals surface area (Å²) >= 11 is 0. The maximum Gasteiger partial charge on any atom is 0.471 e. The topological polar surface area (TPSA) is 160 Å². The molecule has 180 valence electrons. The van der Waals surface area contributed by atoms with E-state index in [2.05, 4.69) is 0 Å². The normalized spacial score (nSPS) is 22.2. The minimum atomic E-state index is -5.31. The molecular formula is C18H17F3N2O10. The first-order chi connectivity index (χ1) is 15.3. The summed E-state index contributed by atoms with van der Waals surface area (Å²) < 4.78 is 58.3. The molecule has 0 saturated carbocycles. The summed E-state index contributed by atoms with van der Waals surface area (Å²) in [6, 6.07) is 2.52. The Morgan fingerprint density at radius 3 is 2.15 bits per heavy atom. The van der Waals surface area contributed by atoms with Gasteiger partial charge in [-0.3, -0.25) is 24.5 Å². The monoisotopic (exact) mass is 478 g/mol. The van der Waals surface area contributed by atoms with E-state index in [0.717, 1.165) is 38.1 Å². The Balaban J connectivity index is 2.21. The Labute approximate surface area is 183 Å². The molecule has 0 unspecified atom stereocenters. The maximum absolute atomic E-state index is 12.8. The van der Waals surface area contributed by atoms with Crippen molar-refractivity contribution in [1.82, 2.24) is 5.32 Å². The molecule has 1 aromatic rings. The molecule has 33 heavy (non-hydrogen) atoms. The van der Waals surface area contributed by atoms with Crippen LogP contribution in [-0.4, -0.2) is 66.1 Å². The summed E-state index contributed by atoms with van der Waals surface area (Å²) in [5.41, 5.74) is -0.420. The molecule has 0 aromatic heterocycles. The van der Waals surface area contributed by atoms with Crippen molar-refractivity contribution < 1.29 is 56.2 Å². The molecule has 0 bridgehead atoms. The van der Waals surface area contributed by atoms with Crippen molar-refractivity contribution in [1.29, 1.82) is 0 Å². The number of halogens is 3. The molecule has 12 nitrogen and oxygen atoms in total. The van der Waals surface area contributed by atoms with E-state index in [0.29, 0.717) is 0 Å². The van der Waals surface area contributed by atoms with Gasteiger partial charge in [0.1, 0.15) is 18.8 Å². The van der Waals surface area contributed by atoms with Gasteiger partial charge in [0.05, 0.1) is 10.5 Å². The van der Waals surface area contributed by atoms with E-state index >= 15 is 0 Å². The average Bonchev–Trinajstić information content (AvgIpc) is 3.00. The number of benzene rings is 1. The van der Waals surface area contributed by atoms with Crippen molar-refractivity contribution in [2.45, 2.75) is 44.6 Å². The fourth-order valence-electron chi connectivity index (χ4n) is 2.81. The van der Waals surface area contributed by atoms with Gasteiger partial charge in [-0.25, -0.2) is 4.79 Å². The first kappa shape index (κ1) is 25.5. The number of ether oxygens (including phenoxy) is 4. The van der Waals surface area contributed by atoms with E-state index in [-0.39, 0.29) is 11.3 Å². The van der Waals surface area contributed by atoms with Gasteiger partial charge >= 0.3 is 30.0 Å². The minimum absolute atomic E-state index is 0.123. The molecule has 1 saturated heterocycles. The smallest absolute Gasteiger partial charge is 0.459 e. The Kier molecular flexibility index (Phi) is 7.92. The first-order valence-electron chi connectivity index (χ1n) is 9.08. The highest BCUT2D eigenvalue weighted by molar-refractivity contribution is 5.89. The number of nitrogens with zero attached hydrogens (tertiary/aromatic N) is 1. The SMILES string of the molecule is CC(=O)O[C@@H]1O[C@H](COC(=O)c2ccc([N+](=O)[O-])cc2)[C@@H](NC(=O)C(F)(F)F)[C@H]1OC(C)=O. The fraction of sp³-hybridized carbons (Fsp3) is 0.444. The van der Waals surface area contributed by atoms with Crippen LogP contribution in [0.1, 0.15) is 24.2 Å².